The van der Waals surface area contributed by atoms with Gasteiger partial charge < -0.3 is 11.1 Å². The summed E-state index contributed by atoms with van der Waals surface area (Å²) in [5.74, 6) is 0.00839. The van der Waals surface area contributed by atoms with Crippen LogP contribution in [-0.4, -0.2) is 22.4 Å². The summed E-state index contributed by atoms with van der Waals surface area (Å²) in [6.45, 7) is 0.993. The second-order valence-corrected chi connectivity index (χ2v) is 2.87. The lowest BCUT2D eigenvalue weighted by Gasteiger charge is -2.03. The molecule has 0 spiro atoms. The minimum Gasteiger partial charge on any atom is -0.350 e. The molecule has 5 nitrogen and oxygen atoms in total. The summed E-state index contributed by atoms with van der Waals surface area (Å²) in [7, 11) is 0. The SMILES string of the molecule is NCCCC(=O)NCc1ccncn1. The third-order valence-electron chi connectivity index (χ3n) is 1.72. The summed E-state index contributed by atoms with van der Waals surface area (Å²) in [6.07, 6.45) is 4.30. The van der Waals surface area contributed by atoms with Crippen molar-refractivity contribution in [2.24, 2.45) is 5.73 Å². The van der Waals surface area contributed by atoms with E-state index in [0.29, 0.717) is 19.5 Å². The van der Waals surface area contributed by atoms with E-state index in [1.165, 1.54) is 6.33 Å². The number of carbonyl (C=O) groups is 1. The Morgan fingerprint density at radius 2 is 2.43 bits per heavy atom. The van der Waals surface area contributed by atoms with Gasteiger partial charge in [0.2, 0.25) is 5.91 Å². The molecule has 0 saturated heterocycles. The molecule has 0 aliphatic rings. The molecule has 0 radical (unpaired) electrons. The van der Waals surface area contributed by atoms with E-state index in [2.05, 4.69) is 15.3 Å². The predicted molar refractivity (Wildman–Crippen MR) is 52.2 cm³/mol. The van der Waals surface area contributed by atoms with Crippen LogP contribution in [0.15, 0.2) is 18.6 Å². The maximum atomic E-state index is 11.2. The summed E-state index contributed by atoms with van der Waals surface area (Å²) in [4.78, 5) is 18.9. The highest BCUT2D eigenvalue weighted by molar-refractivity contribution is 5.75. The minimum absolute atomic E-state index is 0.00839. The average molecular weight is 194 g/mol. The highest BCUT2D eigenvalue weighted by Crippen LogP contribution is 1.91. The van der Waals surface area contributed by atoms with Crippen molar-refractivity contribution >= 4 is 5.91 Å². The quantitative estimate of drug-likeness (QED) is 0.682. The standard InChI is InChI=1S/C9H14N4O/c10-4-1-2-9(14)12-6-8-3-5-11-7-13-8/h3,5,7H,1-2,4,6,10H2,(H,12,14). The first kappa shape index (κ1) is 10.6. The van der Waals surface area contributed by atoms with Gasteiger partial charge in [0.1, 0.15) is 6.33 Å². The Hall–Kier alpha value is -1.49. The molecule has 1 aromatic heterocycles. The summed E-state index contributed by atoms with van der Waals surface area (Å²) in [6, 6.07) is 1.77. The van der Waals surface area contributed by atoms with Crippen molar-refractivity contribution in [3.05, 3.63) is 24.3 Å². The van der Waals surface area contributed by atoms with Crippen molar-refractivity contribution in [1.29, 1.82) is 0 Å². The van der Waals surface area contributed by atoms with Gasteiger partial charge in [0, 0.05) is 12.6 Å². The monoisotopic (exact) mass is 194 g/mol. The largest absolute Gasteiger partial charge is 0.350 e. The van der Waals surface area contributed by atoms with Crippen LogP contribution in [0.2, 0.25) is 0 Å². The summed E-state index contributed by atoms with van der Waals surface area (Å²) in [5.41, 5.74) is 6.09. The number of aromatic nitrogens is 2. The van der Waals surface area contributed by atoms with Crippen molar-refractivity contribution in [3.8, 4) is 0 Å². The van der Waals surface area contributed by atoms with Gasteiger partial charge >= 0.3 is 0 Å². The van der Waals surface area contributed by atoms with Crippen LogP contribution in [0.5, 0.6) is 0 Å². The van der Waals surface area contributed by atoms with Crippen molar-refractivity contribution < 1.29 is 4.79 Å². The van der Waals surface area contributed by atoms with Gasteiger partial charge in [-0.25, -0.2) is 9.97 Å². The van der Waals surface area contributed by atoms with Crippen LogP contribution in [0.4, 0.5) is 0 Å². The number of carbonyl (C=O) groups excluding carboxylic acids is 1. The molecule has 14 heavy (non-hydrogen) atoms. The maximum absolute atomic E-state index is 11.2. The van der Waals surface area contributed by atoms with E-state index in [1.54, 1.807) is 12.3 Å². The van der Waals surface area contributed by atoms with Crippen LogP contribution >= 0.6 is 0 Å². The Morgan fingerprint density at radius 1 is 1.57 bits per heavy atom. The zero-order chi connectivity index (χ0) is 10.2. The van der Waals surface area contributed by atoms with Crippen LogP contribution in [0.1, 0.15) is 18.5 Å². The molecule has 0 fully saturated rings. The first-order valence-corrected chi connectivity index (χ1v) is 4.54. The van der Waals surface area contributed by atoms with Gasteiger partial charge in [0.25, 0.3) is 0 Å². The van der Waals surface area contributed by atoms with Crippen LogP contribution in [0, 0.1) is 0 Å². The second kappa shape index (κ2) is 6.04. The summed E-state index contributed by atoms with van der Waals surface area (Å²) in [5, 5.41) is 2.75. The van der Waals surface area contributed by atoms with Gasteiger partial charge in [0.15, 0.2) is 0 Å². The number of nitrogens with two attached hydrogens (primary N) is 1. The Bertz CT molecular complexity index is 275. The normalized spacial score (nSPS) is 9.79. The molecular weight excluding hydrogens is 180 g/mol. The van der Waals surface area contributed by atoms with Crippen LogP contribution in [0.25, 0.3) is 0 Å². The number of nitrogens with one attached hydrogen (secondary N) is 1. The number of hydrogen-bond donors (Lipinski definition) is 2. The summed E-state index contributed by atoms with van der Waals surface area (Å²) < 4.78 is 0. The number of hydrogen-bond acceptors (Lipinski definition) is 4. The van der Waals surface area contributed by atoms with Gasteiger partial charge in [-0.1, -0.05) is 0 Å². The lowest BCUT2D eigenvalue weighted by molar-refractivity contribution is -0.121. The van der Waals surface area contributed by atoms with Gasteiger partial charge in [-0.2, -0.15) is 0 Å². The van der Waals surface area contributed by atoms with Crippen molar-refractivity contribution in [3.63, 3.8) is 0 Å². The highest BCUT2D eigenvalue weighted by atomic mass is 16.1. The molecular formula is C9H14N4O. The molecule has 0 aliphatic heterocycles. The zero-order valence-electron chi connectivity index (χ0n) is 7.94. The fourth-order valence-corrected chi connectivity index (χ4v) is 0.963. The first-order valence-electron chi connectivity index (χ1n) is 4.54. The zero-order valence-corrected chi connectivity index (χ0v) is 7.94. The van der Waals surface area contributed by atoms with E-state index >= 15 is 0 Å². The fourth-order valence-electron chi connectivity index (χ4n) is 0.963. The van der Waals surface area contributed by atoms with Crippen LogP contribution in [0.3, 0.4) is 0 Å². The molecule has 3 N–H and O–H groups in total. The Kier molecular flexibility index (Phi) is 4.57. The Morgan fingerprint density at radius 3 is 3.07 bits per heavy atom. The van der Waals surface area contributed by atoms with Crippen LogP contribution in [-0.2, 0) is 11.3 Å². The molecule has 0 unspecified atom stereocenters. The molecule has 0 aliphatic carbocycles. The molecule has 0 bridgehead atoms. The Balaban J connectivity index is 2.24. The topological polar surface area (TPSA) is 80.9 Å². The molecule has 0 aromatic carbocycles. The Labute approximate surface area is 82.7 Å². The van der Waals surface area contributed by atoms with E-state index in [0.717, 1.165) is 12.1 Å². The average Bonchev–Trinajstić information content (AvgIpc) is 2.25. The maximum Gasteiger partial charge on any atom is 0.220 e. The van der Waals surface area contributed by atoms with E-state index in [1.807, 2.05) is 0 Å². The molecule has 1 rings (SSSR count). The predicted octanol–water partition coefficient (Wildman–Crippen LogP) is -0.168. The van der Waals surface area contributed by atoms with Gasteiger partial charge in [-0.15, -0.1) is 0 Å². The molecule has 1 aromatic rings. The molecule has 1 amide bonds. The number of nitrogens with zero attached hydrogens (tertiary/aromatic N) is 2. The molecule has 0 atom stereocenters. The highest BCUT2D eigenvalue weighted by Gasteiger charge is 2.00. The smallest absolute Gasteiger partial charge is 0.220 e. The fraction of sp³-hybridized carbons (Fsp3) is 0.444. The van der Waals surface area contributed by atoms with Crippen molar-refractivity contribution in [2.75, 3.05) is 6.54 Å². The minimum atomic E-state index is 0.00839. The molecule has 76 valence electrons. The van der Waals surface area contributed by atoms with Gasteiger partial charge in [0.05, 0.1) is 12.2 Å². The van der Waals surface area contributed by atoms with E-state index < -0.39 is 0 Å². The second-order valence-electron chi connectivity index (χ2n) is 2.87. The van der Waals surface area contributed by atoms with Crippen molar-refractivity contribution in [1.82, 2.24) is 15.3 Å². The van der Waals surface area contributed by atoms with E-state index in [-0.39, 0.29) is 5.91 Å². The molecule has 1 heterocycles. The lowest BCUT2D eigenvalue weighted by atomic mass is 10.3. The van der Waals surface area contributed by atoms with E-state index in [4.69, 9.17) is 5.73 Å². The van der Waals surface area contributed by atoms with E-state index in [9.17, 15) is 4.79 Å². The third kappa shape index (κ3) is 3.95. The number of rotatable bonds is 5. The first-order chi connectivity index (χ1) is 6.83. The molecule has 0 saturated carbocycles. The molecule has 5 heteroatoms. The summed E-state index contributed by atoms with van der Waals surface area (Å²) >= 11 is 0. The lowest BCUT2D eigenvalue weighted by Crippen LogP contribution is -2.23. The van der Waals surface area contributed by atoms with Gasteiger partial charge in [-0.05, 0) is 19.0 Å². The van der Waals surface area contributed by atoms with Gasteiger partial charge in [-0.3, -0.25) is 4.79 Å². The number of amides is 1. The van der Waals surface area contributed by atoms with Crippen LogP contribution < -0.4 is 11.1 Å². The van der Waals surface area contributed by atoms with Crippen molar-refractivity contribution in [2.45, 2.75) is 19.4 Å². The third-order valence-corrected chi connectivity index (χ3v) is 1.72.